The number of hydrogen-bond donors (Lipinski definition) is 1. The Morgan fingerprint density at radius 3 is 2.63 bits per heavy atom. The second kappa shape index (κ2) is 8.64. The SMILES string of the molecule is O=C1CN(C(Cc2ccc([N+](=O)[O-])cc2)c2ncc[nH]2)CCN1c1cccc(Cl)c1. The summed E-state index contributed by atoms with van der Waals surface area (Å²) >= 11 is 6.08. The van der Waals surface area contributed by atoms with E-state index in [1.54, 1.807) is 41.6 Å². The van der Waals surface area contributed by atoms with E-state index in [9.17, 15) is 14.9 Å². The van der Waals surface area contributed by atoms with Gasteiger partial charge >= 0.3 is 0 Å². The standard InChI is InChI=1S/C21H20ClN5O3/c22-16-2-1-3-18(13-16)26-11-10-25(14-20(26)28)19(21-23-8-9-24-21)12-15-4-6-17(7-5-15)27(29)30/h1-9,13,19H,10-12,14H2,(H,23,24). The van der Waals surface area contributed by atoms with E-state index in [4.69, 9.17) is 11.6 Å². The zero-order valence-corrected chi connectivity index (χ0v) is 16.8. The van der Waals surface area contributed by atoms with Crippen LogP contribution in [-0.2, 0) is 11.2 Å². The lowest BCUT2D eigenvalue weighted by Crippen LogP contribution is -2.52. The molecule has 1 saturated heterocycles. The minimum atomic E-state index is -0.415. The summed E-state index contributed by atoms with van der Waals surface area (Å²) < 4.78 is 0. The predicted octanol–water partition coefficient (Wildman–Crippen LogP) is 3.60. The van der Waals surface area contributed by atoms with Gasteiger partial charge in [0, 0.05) is 48.3 Å². The van der Waals surface area contributed by atoms with E-state index in [0.717, 1.165) is 17.1 Å². The zero-order valence-electron chi connectivity index (χ0n) is 16.1. The largest absolute Gasteiger partial charge is 0.347 e. The van der Waals surface area contributed by atoms with Crippen LogP contribution in [0.15, 0.2) is 60.9 Å². The molecule has 0 bridgehead atoms. The number of nitro benzene ring substituents is 1. The Morgan fingerprint density at radius 2 is 2.00 bits per heavy atom. The smallest absolute Gasteiger partial charge is 0.269 e. The topological polar surface area (TPSA) is 95.4 Å². The number of amides is 1. The minimum Gasteiger partial charge on any atom is -0.347 e. The van der Waals surface area contributed by atoms with Crippen LogP contribution in [0.3, 0.4) is 0 Å². The summed E-state index contributed by atoms with van der Waals surface area (Å²) in [5.74, 6) is 0.751. The quantitative estimate of drug-likeness (QED) is 0.481. The molecule has 1 aromatic heterocycles. The Kier molecular flexibility index (Phi) is 5.78. The maximum Gasteiger partial charge on any atom is 0.269 e. The van der Waals surface area contributed by atoms with Crippen molar-refractivity contribution >= 4 is 28.9 Å². The van der Waals surface area contributed by atoms with Gasteiger partial charge in [0.2, 0.25) is 5.91 Å². The third-order valence-corrected chi connectivity index (χ3v) is 5.46. The Balaban J connectivity index is 1.52. The third-order valence-electron chi connectivity index (χ3n) is 5.22. The van der Waals surface area contributed by atoms with E-state index in [-0.39, 0.29) is 24.2 Å². The van der Waals surface area contributed by atoms with Crippen LogP contribution < -0.4 is 4.90 Å². The number of benzene rings is 2. The first kappa shape index (κ1) is 20.1. The Labute approximate surface area is 178 Å². The van der Waals surface area contributed by atoms with Gasteiger partial charge in [-0.25, -0.2) is 4.98 Å². The molecule has 4 rings (SSSR count). The number of anilines is 1. The average molecular weight is 426 g/mol. The Bertz CT molecular complexity index is 1040. The van der Waals surface area contributed by atoms with Crippen molar-refractivity contribution < 1.29 is 9.72 Å². The van der Waals surface area contributed by atoms with E-state index in [1.807, 2.05) is 12.1 Å². The van der Waals surface area contributed by atoms with Crippen molar-refractivity contribution in [1.82, 2.24) is 14.9 Å². The van der Waals surface area contributed by atoms with Gasteiger partial charge in [0.25, 0.3) is 5.69 Å². The fourth-order valence-electron chi connectivity index (χ4n) is 3.71. The molecule has 2 aromatic carbocycles. The van der Waals surface area contributed by atoms with E-state index in [2.05, 4.69) is 14.9 Å². The van der Waals surface area contributed by atoms with Gasteiger partial charge in [-0.15, -0.1) is 0 Å². The lowest BCUT2D eigenvalue weighted by atomic mass is 10.0. The molecule has 0 saturated carbocycles. The number of aromatic amines is 1. The second-order valence-electron chi connectivity index (χ2n) is 7.11. The molecule has 1 atom stereocenters. The highest BCUT2D eigenvalue weighted by Gasteiger charge is 2.31. The lowest BCUT2D eigenvalue weighted by Gasteiger charge is -2.38. The fourth-order valence-corrected chi connectivity index (χ4v) is 3.89. The van der Waals surface area contributed by atoms with Crippen LogP contribution in [0.2, 0.25) is 5.02 Å². The van der Waals surface area contributed by atoms with Crippen molar-refractivity contribution in [3.8, 4) is 0 Å². The molecule has 1 unspecified atom stereocenters. The molecule has 1 aliphatic rings. The van der Waals surface area contributed by atoms with Gasteiger partial charge in [-0.1, -0.05) is 29.8 Å². The summed E-state index contributed by atoms with van der Waals surface area (Å²) in [6.07, 6.45) is 4.01. The highest BCUT2D eigenvalue weighted by atomic mass is 35.5. The molecule has 2 heterocycles. The number of halogens is 1. The number of nitrogens with one attached hydrogen (secondary N) is 1. The van der Waals surface area contributed by atoms with Crippen molar-refractivity contribution in [2.45, 2.75) is 12.5 Å². The van der Waals surface area contributed by atoms with Crippen LogP contribution in [0.5, 0.6) is 0 Å². The summed E-state index contributed by atoms with van der Waals surface area (Å²) in [6.45, 7) is 1.44. The van der Waals surface area contributed by atoms with Crippen molar-refractivity contribution in [3.63, 3.8) is 0 Å². The van der Waals surface area contributed by atoms with Crippen LogP contribution in [0.1, 0.15) is 17.4 Å². The second-order valence-corrected chi connectivity index (χ2v) is 7.55. The number of rotatable bonds is 6. The number of aromatic nitrogens is 2. The Hall–Kier alpha value is -3.23. The van der Waals surface area contributed by atoms with Crippen LogP contribution in [0, 0.1) is 10.1 Å². The monoisotopic (exact) mass is 425 g/mol. The van der Waals surface area contributed by atoms with Crippen LogP contribution in [0.25, 0.3) is 0 Å². The highest BCUT2D eigenvalue weighted by molar-refractivity contribution is 6.30. The molecule has 0 aliphatic carbocycles. The number of imidazole rings is 1. The van der Waals surface area contributed by atoms with Gasteiger partial charge in [0.1, 0.15) is 5.82 Å². The van der Waals surface area contributed by atoms with Crippen molar-refractivity contribution in [2.75, 3.05) is 24.5 Å². The maximum atomic E-state index is 12.9. The molecule has 1 amide bonds. The van der Waals surface area contributed by atoms with Gasteiger partial charge in [0.15, 0.2) is 0 Å². The molecule has 1 fully saturated rings. The Morgan fingerprint density at radius 1 is 1.20 bits per heavy atom. The third kappa shape index (κ3) is 4.34. The van der Waals surface area contributed by atoms with Crippen LogP contribution in [-0.4, -0.2) is 45.3 Å². The number of carbonyl (C=O) groups excluding carboxylic acids is 1. The van der Waals surface area contributed by atoms with Crippen LogP contribution >= 0.6 is 11.6 Å². The number of H-pyrrole nitrogens is 1. The average Bonchev–Trinajstić information content (AvgIpc) is 3.27. The molecule has 1 aliphatic heterocycles. The molecule has 154 valence electrons. The fraction of sp³-hybridized carbons (Fsp3) is 0.238. The molecule has 9 heteroatoms. The molecule has 8 nitrogen and oxygen atoms in total. The number of carbonyl (C=O) groups is 1. The van der Waals surface area contributed by atoms with Crippen LogP contribution in [0.4, 0.5) is 11.4 Å². The summed E-state index contributed by atoms with van der Waals surface area (Å²) in [5.41, 5.74) is 1.78. The van der Waals surface area contributed by atoms with Crippen molar-refractivity contribution in [3.05, 3.63) is 87.4 Å². The summed E-state index contributed by atoms with van der Waals surface area (Å²) in [5, 5.41) is 11.5. The van der Waals surface area contributed by atoms with Crippen molar-refractivity contribution in [1.29, 1.82) is 0 Å². The summed E-state index contributed by atoms with van der Waals surface area (Å²) in [4.78, 5) is 34.8. The van der Waals surface area contributed by atoms with Gasteiger partial charge < -0.3 is 9.88 Å². The molecular formula is C21H20ClN5O3. The predicted molar refractivity (Wildman–Crippen MR) is 114 cm³/mol. The molecular weight excluding hydrogens is 406 g/mol. The van der Waals surface area contributed by atoms with Crippen molar-refractivity contribution in [2.24, 2.45) is 0 Å². The number of nitro groups is 1. The molecule has 30 heavy (non-hydrogen) atoms. The summed E-state index contributed by atoms with van der Waals surface area (Å²) in [7, 11) is 0. The maximum absolute atomic E-state index is 12.9. The van der Waals surface area contributed by atoms with E-state index >= 15 is 0 Å². The van der Waals surface area contributed by atoms with E-state index in [1.165, 1.54) is 12.1 Å². The first-order valence-corrected chi connectivity index (χ1v) is 9.91. The van der Waals surface area contributed by atoms with E-state index < -0.39 is 4.92 Å². The first-order chi connectivity index (χ1) is 14.5. The van der Waals surface area contributed by atoms with E-state index in [0.29, 0.717) is 24.5 Å². The molecule has 1 N–H and O–H groups in total. The number of piperazine rings is 1. The number of hydrogen-bond acceptors (Lipinski definition) is 5. The molecule has 3 aromatic rings. The zero-order chi connectivity index (χ0) is 21.1. The van der Waals surface area contributed by atoms with Gasteiger partial charge in [0.05, 0.1) is 17.5 Å². The number of non-ortho nitro benzene ring substituents is 1. The summed E-state index contributed by atoms with van der Waals surface area (Å²) in [6, 6.07) is 13.6. The first-order valence-electron chi connectivity index (χ1n) is 9.54. The van der Waals surface area contributed by atoms with Gasteiger partial charge in [-0.05, 0) is 30.2 Å². The molecule has 0 spiro atoms. The van der Waals surface area contributed by atoms with Gasteiger partial charge in [-0.3, -0.25) is 19.8 Å². The normalized spacial score (nSPS) is 15.9. The molecule has 0 radical (unpaired) electrons. The minimum absolute atomic E-state index is 0.0104. The highest BCUT2D eigenvalue weighted by Crippen LogP contribution is 2.28. The number of nitrogens with zero attached hydrogens (tertiary/aromatic N) is 4. The lowest BCUT2D eigenvalue weighted by molar-refractivity contribution is -0.384. The van der Waals surface area contributed by atoms with Gasteiger partial charge in [-0.2, -0.15) is 0 Å².